The van der Waals surface area contributed by atoms with Gasteiger partial charge in [-0.1, -0.05) is 18.2 Å². The van der Waals surface area contributed by atoms with Crippen molar-refractivity contribution in [2.45, 2.75) is 25.8 Å². The number of carbonyl (C=O) groups is 2. The number of methoxy groups -OCH3 is 2. The van der Waals surface area contributed by atoms with Gasteiger partial charge in [-0.15, -0.1) is 0 Å². The molecule has 1 aliphatic rings. The monoisotopic (exact) mass is 411 g/mol. The van der Waals surface area contributed by atoms with Crippen LogP contribution in [0.4, 0.5) is 11.4 Å². The first-order chi connectivity index (χ1) is 14.5. The Bertz CT molecular complexity index is 842. The highest BCUT2D eigenvalue weighted by Gasteiger charge is 2.30. The summed E-state index contributed by atoms with van der Waals surface area (Å²) in [5.41, 5.74) is 1.44. The molecule has 1 aliphatic heterocycles. The molecule has 1 saturated heterocycles. The smallest absolute Gasteiger partial charge is 0.241 e. The quantitative estimate of drug-likeness (QED) is 0.730. The van der Waals surface area contributed by atoms with Crippen LogP contribution in [-0.4, -0.2) is 50.1 Å². The number of hydrogen-bond donors (Lipinski definition) is 2. The summed E-state index contributed by atoms with van der Waals surface area (Å²) < 4.78 is 10.5. The summed E-state index contributed by atoms with van der Waals surface area (Å²) in [5.74, 6) is 1.13. The number of nitrogens with zero attached hydrogens (tertiary/aromatic N) is 1. The number of piperidine rings is 1. The van der Waals surface area contributed by atoms with Crippen LogP contribution >= 0.6 is 0 Å². The lowest BCUT2D eigenvalue weighted by atomic mass is 9.94. The Morgan fingerprint density at radius 2 is 1.53 bits per heavy atom. The molecule has 7 nitrogen and oxygen atoms in total. The van der Waals surface area contributed by atoms with Gasteiger partial charge in [0.25, 0.3) is 0 Å². The van der Waals surface area contributed by atoms with E-state index in [-0.39, 0.29) is 23.8 Å². The Morgan fingerprint density at radius 1 is 0.933 bits per heavy atom. The van der Waals surface area contributed by atoms with E-state index in [1.165, 1.54) is 0 Å². The maximum absolute atomic E-state index is 12.8. The average Bonchev–Trinajstić information content (AvgIpc) is 2.79. The summed E-state index contributed by atoms with van der Waals surface area (Å²) in [6.07, 6.45) is 1.45. The summed E-state index contributed by atoms with van der Waals surface area (Å²) in [5, 5.41) is 5.91. The Morgan fingerprint density at radius 3 is 2.10 bits per heavy atom. The summed E-state index contributed by atoms with van der Waals surface area (Å²) >= 11 is 0. The number of anilines is 2. The van der Waals surface area contributed by atoms with Gasteiger partial charge in [-0.2, -0.15) is 0 Å². The molecule has 30 heavy (non-hydrogen) atoms. The van der Waals surface area contributed by atoms with E-state index in [0.29, 0.717) is 30.3 Å². The van der Waals surface area contributed by atoms with E-state index in [1.807, 2.05) is 37.3 Å². The third-order valence-electron chi connectivity index (χ3n) is 5.49. The van der Waals surface area contributed by atoms with Crippen LogP contribution in [0.25, 0.3) is 0 Å². The lowest BCUT2D eigenvalue weighted by molar-refractivity contribution is -0.123. The summed E-state index contributed by atoms with van der Waals surface area (Å²) in [7, 11) is 3.14. The minimum Gasteiger partial charge on any atom is -0.497 e. The first-order valence-electron chi connectivity index (χ1n) is 10.1. The molecule has 1 atom stereocenters. The molecular formula is C23H29N3O4. The fourth-order valence-electron chi connectivity index (χ4n) is 3.61. The van der Waals surface area contributed by atoms with Gasteiger partial charge in [0.1, 0.15) is 11.5 Å². The molecule has 7 heteroatoms. The largest absolute Gasteiger partial charge is 0.497 e. The number of rotatable bonds is 7. The zero-order valence-corrected chi connectivity index (χ0v) is 17.7. The zero-order chi connectivity index (χ0) is 21.5. The second-order valence-electron chi connectivity index (χ2n) is 7.43. The van der Waals surface area contributed by atoms with Gasteiger partial charge in [-0.05, 0) is 45.0 Å². The fraction of sp³-hybridized carbons (Fsp3) is 0.391. The predicted molar refractivity (Wildman–Crippen MR) is 117 cm³/mol. The molecule has 2 amide bonds. The van der Waals surface area contributed by atoms with Crippen molar-refractivity contribution in [3.8, 4) is 11.5 Å². The second-order valence-corrected chi connectivity index (χ2v) is 7.43. The first kappa shape index (κ1) is 21.6. The molecule has 1 heterocycles. The topological polar surface area (TPSA) is 79.9 Å². The number of amides is 2. The van der Waals surface area contributed by atoms with Crippen molar-refractivity contribution in [3.05, 3.63) is 48.5 Å². The van der Waals surface area contributed by atoms with Crippen molar-refractivity contribution in [1.29, 1.82) is 0 Å². The van der Waals surface area contributed by atoms with Crippen LogP contribution in [-0.2, 0) is 9.59 Å². The Balaban J connectivity index is 1.52. The molecule has 2 N–H and O–H groups in total. The summed E-state index contributed by atoms with van der Waals surface area (Å²) in [6.45, 7) is 3.28. The molecule has 1 unspecified atom stereocenters. The van der Waals surface area contributed by atoms with Crippen molar-refractivity contribution >= 4 is 23.2 Å². The van der Waals surface area contributed by atoms with E-state index in [4.69, 9.17) is 9.47 Å². The van der Waals surface area contributed by atoms with Gasteiger partial charge < -0.3 is 20.1 Å². The minimum atomic E-state index is -0.305. The molecule has 0 bridgehead atoms. The molecule has 0 spiro atoms. The molecule has 2 aromatic rings. The first-order valence-corrected chi connectivity index (χ1v) is 10.1. The lowest BCUT2D eigenvalue weighted by Gasteiger charge is -2.34. The van der Waals surface area contributed by atoms with Crippen molar-refractivity contribution in [1.82, 2.24) is 4.90 Å². The van der Waals surface area contributed by atoms with E-state index < -0.39 is 0 Å². The van der Waals surface area contributed by atoms with Crippen LogP contribution in [0.2, 0.25) is 0 Å². The number of hydrogen-bond acceptors (Lipinski definition) is 5. The Hall–Kier alpha value is -3.06. The standard InChI is InChI=1S/C23H29N3O4/c1-16(22(27)25-19-13-20(29-2)15-21(14-19)30-3)26-11-9-17(10-12-26)23(28)24-18-7-5-4-6-8-18/h4-8,13-17H,9-12H2,1-3H3,(H,24,28)(H,25,27). The Labute approximate surface area is 177 Å². The van der Waals surface area contributed by atoms with Crippen LogP contribution in [0.5, 0.6) is 11.5 Å². The van der Waals surface area contributed by atoms with Crippen LogP contribution < -0.4 is 20.1 Å². The van der Waals surface area contributed by atoms with Gasteiger partial charge in [0, 0.05) is 35.5 Å². The normalized spacial score (nSPS) is 15.8. The van der Waals surface area contributed by atoms with Gasteiger partial charge >= 0.3 is 0 Å². The van der Waals surface area contributed by atoms with Crippen LogP contribution in [0.3, 0.4) is 0 Å². The van der Waals surface area contributed by atoms with Crippen molar-refractivity contribution in [2.75, 3.05) is 37.9 Å². The molecule has 0 aliphatic carbocycles. The van der Waals surface area contributed by atoms with Gasteiger partial charge in [0.2, 0.25) is 11.8 Å². The summed E-state index contributed by atoms with van der Waals surface area (Å²) in [4.78, 5) is 27.4. The fourth-order valence-corrected chi connectivity index (χ4v) is 3.61. The number of nitrogens with one attached hydrogen (secondary N) is 2. The highest BCUT2D eigenvalue weighted by Crippen LogP contribution is 2.26. The number of benzene rings is 2. The van der Waals surface area contributed by atoms with Crippen molar-refractivity contribution in [2.24, 2.45) is 5.92 Å². The van der Waals surface area contributed by atoms with Gasteiger partial charge in [0.15, 0.2) is 0 Å². The molecule has 3 rings (SSSR count). The molecule has 1 fully saturated rings. The number of ether oxygens (including phenoxy) is 2. The van der Waals surface area contributed by atoms with Crippen LogP contribution in [0.15, 0.2) is 48.5 Å². The second kappa shape index (κ2) is 10.1. The van der Waals surface area contributed by atoms with Gasteiger partial charge in [-0.25, -0.2) is 0 Å². The number of likely N-dealkylation sites (tertiary alicyclic amines) is 1. The maximum atomic E-state index is 12.8. The molecular weight excluding hydrogens is 382 g/mol. The third-order valence-corrected chi connectivity index (χ3v) is 5.49. The SMILES string of the molecule is COc1cc(NC(=O)C(C)N2CCC(C(=O)Nc3ccccc3)CC2)cc(OC)c1. The molecule has 160 valence electrons. The van der Waals surface area contributed by atoms with E-state index >= 15 is 0 Å². The van der Waals surface area contributed by atoms with Crippen molar-refractivity contribution in [3.63, 3.8) is 0 Å². The van der Waals surface area contributed by atoms with Gasteiger partial charge in [0.05, 0.1) is 20.3 Å². The highest BCUT2D eigenvalue weighted by molar-refractivity contribution is 5.95. The minimum absolute atomic E-state index is 0.0423. The third kappa shape index (κ3) is 5.51. The van der Waals surface area contributed by atoms with Gasteiger partial charge in [-0.3, -0.25) is 14.5 Å². The molecule has 0 radical (unpaired) electrons. The predicted octanol–water partition coefficient (Wildman–Crippen LogP) is 3.38. The van der Waals surface area contributed by atoms with E-state index in [9.17, 15) is 9.59 Å². The molecule has 2 aromatic carbocycles. The Kier molecular flexibility index (Phi) is 7.30. The molecule has 0 aromatic heterocycles. The van der Waals surface area contributed by atoms with Crippen LogP contribution in [0.1, 0.15) is 19.8 Å². The highest BCUT2D eigenvalue weighted by atomic mass is 16.5. The van der Waals surface area contributed by atoms with Crippen LogP contribution in [0, 0.1) is 5.92 Å². The average molecular weight is 412 g/mol. The van der Waals surface area contributed by atoms with Crippen molar-refractivity contribution < 1.29 is 19.1 Å². The number of carbonyl (C=O) groups excluding carboxylic acids is 2. The lowest BCUT2D eigenvalue weighted by Crippen LogP contribution is -2.47. The van der Waals surface area contributed by atoms with E-state index in [1.54, 1.807) is 32.4 Å². The number of para-hydroxylation sites is 1. The van der Waals surface area contributed by atoms with E-state index in [2.05, 4.69) is 15.5 Å². The zero-order valence-electron chi connectivity index (χ0n) is 17.7. The molecule has 0 saturated carbocycles. The maximum Gasteiger partial charge on any atom is 0.241 e. The summed E-state index contributed by atoms with van der Waals surface area (Å²) in [6, 6.07) is 14.4. The van der Waals surface area contributed by atoms with E-state index in [0.717, 1.165) is 18.5 Å².